The van der Waals surface area contributed by atoms with Gasteiger partial charge in [0.15, 0.2) is 0 Å². The lowest BCUT2D eigenvalue weighted by atomic mass is 9.82. The van der Waals surface area contributed by atoms with Gasteiger partial charge in [0, 0.05) is 24.4 Å². The van der Waals surface area contributed by atoms with Crippen molar-refractivity contribution in [3.8, 4) is 0 Å². The van der Waals surface area contributed by atoms with Gasteiger partial charge in [-0.25, -0.2) is 4.79 Å². The van der Waals surface area contributed by atoms with Gasteiger partial charge in [-0.3, -0.25) is 14.4 Å². The van der Waals surface area contributed by atoms with Gasteiger partial charge in [-0.05, 0) is 5.56 Å². The minimum absolute atomic E-state index is 0.112. The van der Waals surface area contributed by atoms with E-state index < -0.39 is 47.8 Å². The molecule has 0 bridgehead atoms. The van der Waals surface area contributed by atoms with E-state index in [4.69, 9.17) is 10.2 Å². The lowest BCUT2D eigenvalue weighted by Crippen LogP contribution is -2.36. The molecule has 0 aliphatic carbocycles. The Balaban J connectivity index is 2.46. The molecule has 1 saturated heterocycles. The summed E-state index contributed by atoms with van der Waals surface area (Å²) in [7, 11) is 0. The molecule has 0 aromatic carbocycles. The molecule has 0 amide bonds. The number of H-pyrrole nitrogens is 1. The number of aromatic amines is 1. The Bertz CT molecular complexity index is 681. The third kappa shape index (κ3) is 2.98. The Hall–Kier alpha value is -2.68. The van der Waals surface area contributed by atoms with Crippen LogP contribution in [0.15, 0.2) is 16.9 Å². The number of carboxylic acids is 3. The molecule has 9 heteroatoms. The molecule has 0 spiro atoms. The van der Waals surface area contributed by atoms with Crippen molar-refractivity contribution in [1.82, 2.24) is 10.3 Å². The topological polar surface area (TPSA) is 157 Å². The Kier molecular flexibility index (Phi) is 4.27. The normalized spacial score (nSPS) is 24.1. The van der Waals surface area contributed by atoms with Crippen molar-refractivity contribution in [2.24, 2.45) is 5.92 Å². The number of carboxylic acid groups (broad SMARTS) is 3. The van der Waals surface area contributed by atoms with Gasteiger partial charge in [-0.2, -0.15) is 0 Å². The third-order valence-electron chi connectivity index (χ3n) is 3.74. The molecule has 118 valence electrons. The molecule has 1 unspecified atom stereocenters. The van der Waals surface area contributed by atoms with Crippen LogP contribution < -0.4 is 10.9 Å². The Labute approximate surface area is 123 Å². The van der Waals surface area contributed by atoms with Gasteiger partial charge >= 0.3 is 17.9 Å². The van der Waals surface area contributed by atoms with Crippen LogP contribution in [0.1, 0.15) is 28.4 Å². The van der Waals surface area contributed by atoms with E-state index in [0.717, 1.165) is 6.07 Å². The molecule has 1 aliphatic heterocycles. The molecule has 1 aliphatic rings. The van der Waals surface area contributed by atoms with Gasteiger partial charge in [0.05, 0.1) is 6.42 Å². The van der Waals surface area contributed by atoms with E-state index in [1.165, 1.54) is 6.07 Å². The maximum Gasteiger partial charge on any atom is 0.352 e. The van der Waals surface area contributed by atoms with Crippen LogP contribution in [0.3, 0.4) is 0 Å². The van der Waals surface area contributed by atoms with Crippen molar-refractivity contribution in [3.63, 3.8) is 0 Å². The second kappa shape index (κ2) is 5.98. The van der Waals surface area contributed by atoms with Crippen LogP contribution in [0.25, 0.3) is 0 Å². The van der Waals surface area contributed by atoms with E-state index in [2.05, 4.69) is 10.3 Å². The summed E-state index contributed by atoms with van der Waals surface area (Å²) >= 11 is 0. The number of aliphatic carboxylic acids is 2. The number of hydrogen-bond donors (Lipinski definition) is 5. The van der Waals surface area contributed by atoms with E-state index >= 15 is 0 Å². The van der Waals surface area contributed by atoms with Gasteiger partial charge in [-0.15, -0.1) is 0 Å². The molecular formula is C13H14N2O7. The van der Waals surface area contributed by atoms with Crippen LogP contribution >= 0.6 is 0 Å². The molecule has 5 N–H and O–H groups in total. The van der Waals surface area contributed by atoms with Crippen molar-refractivity contribution >= 4 is 17.9 Å². The number of carbonyl (C=O) groups is 3. The van der Waals surface area contributed by atoms with Crippen molar-refractivity contribution in [1.29, 1.82) is 0 Å². The molecule has 1 fully saturated rings. The molecule has 1 aromatic heterocycles. The van der Waals surface area contributed by atoms with Crippen LogP contribution in [0.5, 0.6) is 0 Å². The first-order chi connectivity index (χ1) is 10.3. The number of aromatic carboxylic acids is 1. The van der Waals surface area contributed by atoms with Gasteiger partial charge in [0.25, 0.3) is 0 Å². The molecule has 0 radical (unpaired) electrons. The quantitative estimate of drug-likeness (QED) is 0.478. The number of rotatable bonds is 5. The van der Waals surface area contributed by atoms with Gasteiger partial charge in [0.2, 0.25) is 5.56 Å². The van der Waals surface area contributed by atoms with Crippen LogP contribution in [-0.2, 0) is 9.59 Å². The molecule has 9 nitrogen and oxygen atoms in total. The van der Waals surface area contributed by atoms with Crippen LogP contribution in [0.2, 0.25) is 0 Å². The number of pyridine rings is 1. The average Bonchev–Trinajstić information content (AvgIpc) is 2.81. The average molecular weight is 310 g/mol. The minimum Gasteiger partial charge on any atom is -0.481 e. The zero-order valence-corrected chi connectivity index (χ0v) is 11.3. The molecule has 0 saturated carbocycles. The largest absolute Gasteiger partial charge is 0.481 e. The Morgan fingerprint density at radius 2 is 1.86 bits per heavy atom. The number of nitrogens with one attached hydrogen (secondary N) is 2. The predicted molar refractivity (Wildman–Crippen MR) is 71.9 cm³/mol. The lowest BCUT2D eigenvalue weighted by molar-refractivity contribution is -0.142. The van der Waals surface area contributed by atoms with Gasteiger partial charge in [-0.1, -0.05) is 6.07 Å². The van der Waals surface area contributed by atoms with E-state index in [1.54, 1.807) is 0 Å². The highest BCUT2D eigenvalue weighted by Crippen LogP contribution is 2.35. The van der Waals surface area contributed by atoms with E-state index in [1.807, 2.05) is 0 Å². The predicted octanol–water partition coefficient (Wildman–Crippen LogP) is -0.696. The molecule has 3 atom stereocenters. The summed E-state index contributed by atoms with van der Waals surface area (Å²) in [4.78, 5) is 46.9. The first kappa shape index (κ1) is 15.7. The second-order valence-electron chi connectivity index (χ2n) is 5.05. The van der Waals surface area contributed by atoms with Crippen molar-refractivity contribution in [2.75, 3.05) is 6.54 Å². The number of hydrogen-bond acceptors (Lipinski definition) is 5. The first-order valence-corrected chi connectivity index (χ1v) is 6.45. The van der Waals surface area contributed by atoms with E-state index in [9.17, 15) is 24.3 Å². The highest BCUT2D eigenvalue weighted by Gasteiger charge is 2.43. The summed E-state index contributed by atoms with van der Waals surface area (Å²) in [5.41, 5.74) is -0.730. The molecule has 2 heterocycles. The van der Waals surface area contributed by atoms with E-state index in [-0.39, 0.29) is 17.8 Å². The van der Waals surface area contributed by atoms with Crippen molar-refractivity contribution in [2.45, 2.75) is 18.4 Å². The van der Waals surface area contributed by atoms with Gasteiger partial charge in [0.1, 0.15) is 11.7 Å². The summed E-state index contributed by atoms with van der Waals surface area (Å²) < 4.78 is 0. The fourth-order valence-corrected chi connectivity index (χ4v) is 2.83. The van der Waals surface area contributed by atoms with Crippen molar-refractivity contribution in [3.05, 3.63) is 33.7 Å². The minimum atomic E-state index is -1.36. The maximum absolute atomic E-state index is 11.3. The zero-order chi connectivity index (χ0) is 16.4. The maximum atomic E-state index is 11.3. The summed E-state index contributed by atoms with van der Waals surface area (Å²) in [6.45, 7) is 0.112. The third-order valence-corrected chi connectivity index (χ3v) is 3.74. The standard InChI is InChI=1S/C13H14N2O7/c16-8-2-1-5(11(15-8)13(21)22)7-4-14-10(12(19)20)6(7)3-9(17)18/h1-2,6-7,10,14H,3-4H2,(H,15,16)(H,17,18)(H,19,20)(H,21,22)/t6-,7?,10-/m0/s1. The number of aromatic nitrogens is 1. The van der Waals surface area contributed by atoms with Crippen LogP contribution in [0.4, 0.5) is 0 Å². The zero-order valence-electron chi connectivity index (χ0n) is 11.3. The van der Waals surface area contributed by atoms with E-state index in [0.29, 0.717) is 0 Å². The fraction of sp³-hybridized carbons (Fsp3) is 0.385. The van der Waals surface area contributed by atoms with Crippen molar-refractivity contribution < 1.29 is 29.7 Å². The second-order valence-corrected chi connectivity index (χ2v) is 5.05. The smallest absolute Gasteiger partial charge is 0.352 e. The molecule has 2 rings (SSSR count). The summed E-state index contributed by atoms with van der Waals surface area (Å²) in [6.07, 6.45) is -0.424. The molecule has 22 heavy (non-hydrogen) atoms. The first-order valence-electron chi connectivity index (χ1n) is 6.45. The lowest BCUT2D eigenvalue weighted by Gasteiger charge is -2.21. The summed E-state index contributed by atoms with van der Waals surface area (Å²) in [6, 6.07) is 1.34. The molecule has 1 aromatic rings. The Morgan fingerprint density at radius 1 is 1.18 bits per heavy atom. The SMILES string of the molecule is O=C(O)C[C@H]1C(c2ccc(=O)[nH]c2C(=O)O)CN[C@@H]1C(=O)O. The van der Waals surface area contributed by atoms with Crippen LogP contribution in [-0.4, -0.2) is 50.8 Å². The van der Waals surface area contributed by atoms with Gasteiger partial charge < -0.3 is 25.6 Å². The highest BCUT2D eigenvalue weighted by molar-refractivity contribution is 5.87. The summed E-state index contributed by atoms with van der Waals surface area (Å²) in [5, 5.41) is 30.0. The molecular weight excluding hydrogens is 296 g/mol. The fourth-order valence-electron chi connectivity index (χ4n) is 2.83. The Morgan fingerprint density at radius 3 is 2.41 bits per heavy atom. The summed E-state index contributed by atoms with van der Waals surface area (Å²) in [5.74, 6) is -5.19. The highest BCUT2D eigenvalue weighted by atomic mass is 16.4. The monoisotopic (exact) mass is 310 g/mol. The van der Waals surface area contributed by atoms with Crippen LogP contribution in [0, 0.1) is 5.92 Å².